The molecular weight excluding hydrogens is 500 g/mol. The highest BCUT2D eigenvalue weighted by molar-refractivity contribution is 6.05. The fourth-order valence-electron chi connectivity index (χ4n) is 6.41. The lowest BCUT2D eigenvalue weighted by molar-refractivity contribution is -0.149. The zero-order chi connectivity index (χ0) is 29.8. The van der Waals surface area contributed by atoms with Crippen LogP contribution in [-0.4, -0.2) is 37.2 Å². The number of ketones is 1. The minimum atomic E-state index is -0.601. The summed E-state index contributed by atoms with van der Waals surface area (Å²) in [6, 6.07) is 3.85. The Labute approximate surface area is 242 Å². The van der Waals surface area contributed by atoms with Crippen LogP contribution >= 0.6 is 0 Å². The van der Waals surface area contributed by atoms with E-state index >= 15 is 0 Å². The number of methoxy groups -OCH3 is 1. The van der Waals surface area contributed by atoms with E-state index in [2.05, 4.69) is 6.92 Å². The van der Waals surface area contributed by atoms with Crippen molar-refractivity contribution in [2.24, 2.45) is 11.3 Å². The van der Waals surface area contributed by atoms with Crippen molar-refractivity contribution in [3.05, 3.63) is 63.3 Å². The summed E-state index contributed by atoms with van der Waals surface area (Å²) in [5.74, 6) is 1.25. The zero-order valence-corrected chi connectivity index (χ0v) is 26.5. The molecule has 5 heteroatoms. The molecule has 1 saturated carbocycles. The number of allylic oxidation sites excluding steroid dienone is 1. The molecule has 0 N–H and O–H groups in total. The van der Waals surface area contributed by atoms with Crippen LogP contribution in [0.15, 0.2) is 46.6 Å². The molecule has 0 heterocycles. The van der Waals surface area contributed by atoms with E-state index in [9.17, 15) is 9.59 Å². The van der Waals surface area contributed by atoms with E-state index in [0.717, 1.165) is 52.5 Å². The normalized spacial score (nSPS) is 22.7. The Morgan fingerprint density at radius 1 is 1.00 bits per heavy atom. The minimum absolute atomic E-state index is 0.0685. The number of carbonyl (C=O) groups excluding carboxylic acids is 2. The third-order valence-electron chi connectivity index (χ3n) is 8.74. The van der Waals surface area contributed by atoms with Crippen LogP contribution in [0.1, 0.15) is 108 Å². The van der Waals surface area contributed by atoms with Gasteiger partial charge in [0, 0.05) is 18.1 Å². The second-order valence-corrected chi connectivity index (χ2v) is 13.0. The average molecular weight is 551 g/mol. The van der Waals surface area contributed by atoms with Crippen LogP contribution in [0.5, 0.6) is 5.75 Å². The van der Waals surface area contributed by atoms with Crippen molar-refractivity contribution in [2.45, 2.75) is 113 Å². The minimum Gasteiger partial charge on any atom is -0.493 e. The van der Waals surface area contributed by atoms with Crippen molar-refractivity contribution in [3.63, 3.8) is 0 Å². The summed E-state index contributed by atoms with van der Waals surface area (Å²) in [6.45, 7) is 18.2. The molecule has 0 aromatic heterocycles. The van der Waals surface area contributed by atoms with Crippen LogP contribution in [0.3, 0.4) is 0 Å². The summed E-state index contributed by atoms with van der Waals surface area (Å²) in [7, 11) is 1.64. The molecule has 3 rings (SSSR count). The Bertz CT molecular complexity index is 1180. The van der Waals surface area contributed by atoms with Crippen molar-refractivity contribution >= 4 is 11.8 Å². The Balaban J connectivity index is 1.80. The molecule has 1 aromatic rings. The van der Waals surface area contributed by atoms with Crippen molar-refractivity contribution in [2.75, 3.05) is 13.7 Å². The highest BCUT2D eigenvalue weighted by Gasteiger charge is 2.43. The largest absolute Gasteiger partial charge is 0.493 e. The van der Waals surface area contributed by atoms with E-state index in [4.69, 9.17) is 14.2 Å². The smallest absolute Gasteiger partial charge is 0.338 e. The topological polar surface area (TPSA) is 61.8 Å². The van der Waals surface area contributed by atoms with Crippen LogP contribution in [0, 0.1) is 25.2 Å². The number of aryl methyl sites for hydroxylation is 2. The summed E-state index contributed by atoms with van der Waals surface area (Å²) in [4.78, 5) is 26.5. The summed E-state index contributed by atoms with van der Waals surface area (Å²) in [6.07, 6.45) is 10.9. The molecule has 0 saturated heterocycles. The summed E-state index contributed by atoms with van der Waals surface area (Å²) in [5, 5.41) is 0. The Morgan fingerprint density at radius 2 is 1.60 bits per heavy atom. The monoisotopic (exact) mass is 550 g/mol. The maximum Gasteiger partial charge on any atom is 0.338 e. The molecule has 1 fully saturated rings. The van der Waals surface area contributed by atoms with E-state index in [0.29, 0.717) is 11.1 Å². The Kier molecular flexibility index (Phi) is 10.3. The fraction of sp³-hybridized carbons (Fsp3) is 0.600. The quantitative estimate of drug-likeness (QED) is 0.175. The van der Waals surface area contributed by atoms with Crippen LogP contribution in [0.4, 0.5) is 0 Å². The van der Waals surface area contributed by atoms with Gasteiger partial charge in [0.25, 0.3) is 0 Å². The third kappa shape index (κ3) is 7.15. The van der Waals surface area contributed by atoms with Gasteiger partial charge in [-0.2, -0.15) is 0 Å². The second kappa shape index (κ2) is 12.9. The first-order valence-electron chi connectivity index (χ1n) is 14.8. The average Bonchev–Trinajstić information content (AvgIpc) is 2.87. The molecule has 0 aliphatic heterocycles. The molecule has 0 radical (unpaired) electrons. The highest BCUT2D eigenvalue weighted by Crippen LogP contribution is 2.46. The molecule has 0 spiro atoms. The maximum atomic E-state index is 13.4. The maximum absolute atomic E-state index is 13.4. The molecule has 2 atom stereocenters. The number of esters is 1. The first kappa shape index (κ1) is 31.9. The Hall–Kier alpha value is -2.66. The number of benzene rings is 1. The van der Waals surface area contributed by atoms with Gasteiger partial charge in [0.05, 0.1) is 18.3 Å². The lowest BCUT2D eigenvalue weighted by Crippen LogP contribution is -2.40. The number of carbonyl (C=O) groups is 2. The van der Waals surface area contributed by atoms with Crippen LogP contribution in [0.2, 0.25) is 0 Å². The molecule has 1 aromatic carbocycles. The predicted octanol–water partition coefficient (Wildman–Crippen LogP) is 8.42. The van der Waals surface area contributed by atoms with Gasteiger partial charge in [-0.15, -0.1) is 0 Å². The number of hydrogen-bond acceptors (Lipinski definition) is 5. The van der Waals surface area contributed by atoms with E-state index in [1.807, 2.05) is 73.6 Å². The van der Waals surface area contributed by atoms with E-state index in [1.165, 1.54) is 32.1 Å². The van der Waals surface area contributed by atoms with Gasteiger partial charge in [-0.25, -0.2) is 4.79 Å². The van der Waals surface area contributed by atoms with Crippen LogP contribution < -0.4 is 4.74 Å². The van der Waals surface area contributed by atoms with E-state index < -0.39 is 17.1 Å². The van der Waals surface area contributed by atoms with Gasteiger partial charge in [0.1, 0.15) is 11.4 Å². The molecular formula is C35H50O5. The van der Waals surface area contributed by atoms with Crippen molar-refractivity contribution in [3.8, 4) is 5.75 Å². The predicted molar refractivity (Wildman–Crippen MR) is 162 cm³/mol. The molecule has 40 heavy (non-hydrogen) atoms. The van der Waals surface area contributed by atoms with Crippen molar-refractivity contribution < 1.29 is 23.8 Å². The summed E-state index contributed by atoms with van der Waals surface area (Å²) >= 11 is 0. The van der Waals surface area contributed by atoms with Crippen LogP contribution in [-0.2, 0) is 14.3 Å². The molecule has 2 aliphatic rings. The molecule has 5 nitrogen and oxygen atoms in total. The molecule has 220 valence electrons. The molecule has 2 aliphatic carbocycles. The van der Waals surface area contributed by atoms with Crippen LogP contribution in [0.25, 0.3) is 0 Å². The van der Waals surface area contributed by atoms with Crippen molar-refractivity contribution in [1.29, 1.82) is 0 Å². The summed E-state index contributed by atoms with van der Waals surface area (Å²) < 4.78 is 17.9. The van der Waals surface area contributed by atoms with Gasteiger partial charge < -0.3 is 14.2 Å². The number of rotatable bonds is 9. The SMILES string of the molecule is COC1C(C)=C(C(=O)OC(C)(C)C)C(C)=C(C)C1(C)C=CC(=O)c1cc(C)c(OCCC2CCCCC2)c(C)c1. The van der Waals surface area contributed by atoms with Gasteiger partial charge in [-0.3, -0.25) is 4.79 Å². The number of ether oxygens (including phenoxy) is 3. The fourth-order valence-corrected chi connectivity index (χ4v) is 6.41. The first-order chi connectivity index (χ1) is 18.7. The Morgan fingerprint density at radius 3 is 2.15 bits per heavy atom. The lowest BCUT2D eigenvalue weighted by atomic mass is 9.67. The molecule has 0 amide bonds. The summed E-state index contributed by atoms with van der Waals surface area (Å²) in [5.41, 5.74) is 4.60. The molecule has 2 unspecified atom stereocenters. The second-order valence-electron chi connectivity index (χ2n) is 13.0. The third-order valence-corrected chi connectivity index (χ3v) is 8.74. The zero-order valence-electron chi connectivity index (χ0n) is 26.5. The van der Waals surface area contributed by atoms with Gasteiger partial charge >= 0.3 is 5.97 Å². The van der Waals surface area contributed by atoms with Gasteiger partial charge in [-0.1, -0.05) is 43.8 Å². The van der Waals surface area contributed by atoms with Gasteiger partial charge in [0.15, 0.2) is 5.78 Å². The first-order valence-corrected chi connectivity index (χ1v) is 14.8. The number of hydrogen-bond donors (Lipinski definition) is 0. The van der Waals surface area contributed by atoms with Gasteiger partial charge in [-0.05, 0) is 115 Å². The van der Waals surface area contributed by atoms with Gasteiger partial charge in [0.2, 0.25) is 0 Å². The lowest BCUT2D eigenvalue weighted by Gasteiger charge is -2.42. The highest BCUT2D eigenvalue weighted by atomic mass is 16.6. The molecule has 0 bridgehead atoms. The standard InChI is InChI=1S/C35H50O5/c1-22-20-28(21-23(2)31(22)39-19-17-27-14-12-11-13-15-27)29(36)16-18-35(9)26(5)24(3)30(25(4)32(35)38-10)33(37)40-34(6,7)8/h16,18,20-21,27,32H,11-15,17,19H2,1-10H3. The van der Waals surface area contributed by atoms with E-state index in [1.54, 1.807) is 13.2 Å². The van der Waals surface area contributed by atoms with Crippen molar-refractivity contribution in [1.82, 2.24) is 0 Å². The van der Waals surface area contributed by atoms with E-state index in [-0.39, 0.29) is 11.8 Å².